The minimum Gasteiger partial charge on any atom is -0.309 e. The molecule has 0 aromatic carbocycles. The first-order valence-electron chi connectivity index (χ1n) is 6.90. The Morgan fingerprint density at radius 2 is 2.22 bits per heavy atom. The van der Waals surface area contributed by atoms with Gasteiger partial charge in [0.25, 0.3) is 5.56 Å². The highest BCUT2D eigenvalue weighted by Crippen LogP contribution is 2.34. The first kappa shape index (κ1) is 13.8. The number of H-pyrrole nitrogens is 1. The van der Waals surface area contributed by atoms with E-state index in [4.69, 9.17) is 0 Å². The number of aromatic amines is 1. The van der Waals surface area contributed by atoms with E-state index in [1.54, 1.807) is 0 Å². The molecule has 1 heterocycles. The van der Waals surface area contributed by atoms with Gasteiger partial charge in [-0.05, 0) is 41.1 Å². The molecule has 1 N–H and O–H groups in total. The van der Waals surface area contributed by atoms with Gasteiger partial charge in [0, 0.05) is 5.92 Å². The third-order valence-corrected chi connectivity index (χ3v) is 4.58. The molecule has 100 valence electrons. The minimum atomic E-state index is -0.0262. The van der Waals surface area contributed by atoms with Crippen LogP contribution in [0.1, 0.15) is 63.4 Å². The number of hydrogen-bond acceptors (Lipinski definition) is 2. The van der Waals surface area contributed by atoms with E-state index in [-0.39, 0.29) is 5.56 Å². The second-order valence-electron chi connectivity index (χ2n) is 5.43. The molecule has 4 heteroatoms. The monoisotopic (exact) mass is 312 g/mol. The molecule has 1 aliphatic carbocycles. The zero-order valence-corrected chi connectivity index (χ0v) is 12.7. The van der Waals surface area contributed by atoms with Crippen LogP contribution in [0.5, 0.6) is 0 Å². The van der Waals surface area contributed by atoms with E-state index in [1.165, 1.54) is 12.8 Å². The molecular weight excluding hydrogens is 292 g/mol. The molecule has 18 heavy (non-hydrogen) atoms. The van der Waals surface area contributed by atoms with Crippen molar-refractivity contribution in [2.75, 3.05) is 0 Å². The van der Waals surface area contributed by atoms with Gasteiger partial charge < -0.3 is 4.98 Å². The van der Waals surface area contributed by atoms with E-state index >= 15 is 0 Å². The highest BCUT2D eigenvalue weighted by molar-refractivity contribution is 9.10. The summed E-state index contributed by atoms with van der Waals surface area (Å²) >= 11 is 3.34. The molecule has 3 nitrogen and oxygen atoms in total. The Balaban J connectivity index is 2.30. The molecule has 2 rings (SSSR count). The predicted molar refractivity (Wildman–Crippen MR) is 76.9 cm³/mol. The highest BCUT2D eigenvalue weighted by atomic mass is 79.9. The molecule has 0 saturated heterocycles. The Morgan fingerprint density at radius 1 is 1.44 bits per heavy atom. The molecule has 0 spiro atoms. The maximum Gasteiger partial charge on any atom is 0.265 e. The van der Waals surface area contributed by atoms with Gasteiger partial charge in [0.1, 0.15) is 10.3 Å². The van der Waals surface area contributed by atoms with Crippen LogP contribution < -0.4 is 5.56 Å². The predicted octanol–water partition coefficient (Wildman–Crippen LogP) is 3.78. The average Bonchev–Trinajstić information content (AvgIpc) is 2.35. The summed E-state index contributed by atoms with van der Waals surface area (Å²) < 4.78 is 0.608. The maximum atomic E-state index is 11.9. The van der Waals surface area contributed by atoms with Crippen LogP contribution in [0.4, 0.5) is 0 Å². The minimum absolute atomic E-state index is 0.0262. The topological polar surface area (TPSA) is 45.8 Å². The number of aryl methyl sites for hydroxylation is 1. The third kappa shape index (κ3) is 3.02. The van der Waals surface area contributed by atoms with Crippen LogP contribution in [0, 0.1) is 5.92 Å². The Labute approximate surface area is 117 Å². The first-order chi connectivity index (χ1) is 8.61. The van der Waals surface area contributed by atoms with Gasteiger partial charge >= 0.3 is 0 Å². The van der Waals surface area contributed by atoms with E-state index in [2.05, 4.69) is 39.7 Å². The van der Waals surface area contributed by atoms with E-state index in [9.17, 15) is 4.79 Å². The molecule has 2 unspecified atom stereocenters. The fourth-order valence-corrected chi connectivity index (χ4v) is 3.19. The van der Waals surface area contributed by atoms with Crippen LogP contribution in [0.3, 0.4) is 0 Å². The van der Waals surface area contributed by atoms with E-state index in [0.29, 0.717) is 10.4 Å². The highest BCUT2D eigenvalue weighted by Gasteiger charge is 2.23. The van der Waals surface area contributed by atoms with Crippen LogP contribution in [0.15, 0.2) is 9.27 Å². The number of aromatic nitrogens is 2. The van der Waals surface area contributed by atoms with Gasteiger partial charge in [0.05, 0.1) is 5.69 Å². The molecule has 1 aromatic rings. The lowest BCUT2D eigenvalue weighted by Crippen LogP contribution is -2.21. The molecule has 1 saturated carbocycles. The van der Waals surface area contributed by atoms with Gasteiger partial charge in [-0.15, -0.1) is 0 Å². The molecule has 0 radical (unpaired) electrons. The van der Waals surface area contributed by atoms with Crippen molar-refractivity contribution in [3.8, 4) is 0 Å². The smallest absolute Gasteiger partial charge is 0.265 e. The summed E-state index contributed by atoms with van der Waals surface area (Å²) in [7, 11) is 0. The lowest BCUT2D eigenvalue weighted by Gasteiger charge is -2.26. The molecule has 0 bridgehead atoms. The van der Waals surface area contributed by atoms with Crippen LogP contribution in [-0.2, 0) is 6.42 Å². The van der Waals surface area contributed by atoms with Crippen molar-refractivity contribution >= 4 is 15.9 Å². The standard InChI is InChI=1S/C14H21BrN2O/c1-3-5-11-12(15)14(18)17-13(16-11)10-7-4-6-9(2)8-10/h9-10H,3-8H2,1-2H3,(H,16,17,18). The van der Waals surface area contributed by atoms with Crippen molar-refractivity contribution in [2.24, 2.45) is 5.92 Å². The fourth-order valence-electron chi connectivity index (χ4n) is 2.80. The summed E-state index contributed by atoms with van der Waals surface area (Å²) in [6.07, 6.45) is 6.72. The molecule has 0 aliphatic heterocycles. The van der Waals surface area contributed by atoms with Crippen molar-refractivity contribution in [1.82, 2.24) is 9.97 Å². The van der Waals surface area contributed by atoms with Crippen molar-refractivity contribution in [3.05, 3.63) is 26.3 Å². The largest absolute Gasteiger partial charge is 0.309 e. The fraction of sp³-hybridized carbons (Fsp3) is 0.714. The molecule has 1 fully saturated rings. The molecular formula is C14H21BrN2O. The van der Waals surface area contributed by atoms with Crippen molar-refractivity contribution in [1.29, 1.82) is 0 Å². The van der Waals surface area contributed by atoms with Crippen LogP contribution >= 0.6 is 15.9 Å². The first-order valence-corrected chi connectivity index (χ1v) is 7.69. The van der Waals surface area contributed by atoms with E-state index in [0.717, 1.165) is 43.1 Å². The summed E-state index contributed by atoms with van der Waals surface area (Å²) in [4.78, 5) is 19.5. The van der Waals surface area contributed by atoms with Gasteiger partial charge in [0.2, 0.25) is 0 Å². The third-order valence-electron chi connectivity index (χ3n) is 3.76. The summed E-state index contributed by atoms with van der Waals surface area (Å²) in [6.45, 7) is 4.40. The quantitative estimate of drug-likeness (QED) is 0.923. The SMILES string of the molecule is CCCc1nc(C2CCCC(C)C2)[nH]c(=O)c1Br. The maximum absolute atomic E-state index is 11.9. The summed E-state index contributed by atoms with van der Waals surface area (Å²) in [5, 5.41) is 0. The van der Waals surface area contributed by atoms with Gasteiger partial charge in [0.15, 0.2) is 0 Å². The molecule has 0 amide bonds. The number of nitrogens with one attached hydrogen (secondary N) is 1. The van der Waals surface area contributed by atoms with Crippen molar-refractivity contribution in [2.45, 2.75) is 58.3 Å². The lowest BCUT2D eigenvalue weighted by atomic mass is 9.82. The van der Waals surface area contributed by atoms with Gasteiger partial charge in [-0.2, -0.15) is 0 Å². The second kappa shape index (κ2) is 6.00. The zero-order valence-electron chi connectivity index (χ0n) is 11.1. The lowest BCUT2D eigenvalue weighted by molar-refractivity contribution is 0.334. The zero-order chi connectivity index (χ0) is 13.1. The van der Waals surface area contributed by atoms with Crippen LogP contribution in [0.25, 0.3) is 0 Å². The Morgan fingerprint density at radius 3 is 2.89 bits per heavy atom. The molecule has 1 aliphatic rings. The average molecular weight is 313 g/mol. The van der Waals surface area contributed by atoms with E-state index in [1.807, 2.05) is 0 Å². The van der Waals surface area contributed by atoms with E-state index < -0.39 is 0 Å². The number of nitrogens with zero attached hydrogens (tertiary/aromatic N) is 1. The second-order valence-corrected chi connectivity index (χ2v) is 6.22. The van der Waals surface area contributed by atoms with Crippen molar-refractivity contribution in [3.63, 3.8) is 0 Å². The summed E-state index contributed by atoms with van der Waals surface area (Å²) in [6, 6.07) is 0. The Kier molecular flexibility index (Phi) is 4.60. The van der Waals surface area contributed by atoms with Gasteiger partial charge in [-0.25, -0.2) is 4.98 Å². The number of halogens is 1. The van der Waals surface area contributed by atoms with Crippen molar-refractivity contribution < 1.29 is 0 Å². The van der Waals surface area contributed by atoms with Gasteiger partial charge in [-0.3, -0.25) is 4.79 Å². The summed E-state index contributed by atoms with van der Waals surface area (Å²) in [5.41, 5.74) is 0.885. The molecule has 1 aromatic heterocycles. The summed E-state index contributed by atoms with van der Waals surface area (Å²) in [5.74, 6) is 2.08. The van der Waals surface area contributed by atoms with Crippen LogP contribution in [-0.4, -0.2) is 9.97 Å². The normalized spacial score (nSPS) is 24.2. The molecule has 2 atom stereocenters. The van der Waals surface area contributed by atoms with Crippen LogP contribution in [0.2, 0.25) is 0 Å². The number of rotatable bonds is 3. The Hall–Kier alpha value is -0.640. The Bertz CT molecular complexity index is 469. The van der Waals surface area contributed by atoms with Gasteiger partial charge in [-0.1, -0.05) is 33.1 Å². The number of hydrogen-bond donors (Lipinski definition) is 1.